The van der Waals surface area contributed by atoms with E-state index in [1.807, 2.05) is 0 Å². The second kappa shape index (κ2) is 6.01. The largest absolute Gasteiger partial charge is 0.449 e. The number of nitrogens with two attached hydrogens (primary N) is 1. The van der Waals surface area contributed by atoms with Crippen molar-refractivity contribution in [3.05, 3.63) is 17.8 Å². The van der Waals surface area contributed by atoms with Crippen LogP contribution in [0.2, 0.25) is 0 Å². The highest BCUT2D eigenvalue weighted by Crippen LogP contribution is 2.16. The second-order valence-electron chi connectivity index (χ2n) is 4.54. The van der Waals surface area contributed by atoms with Gasteiger partial charge in [0.15, 0.2) is 5.89 Å². The Hall–Kier alpha value is -0.870. The monoisotopic (exact) mass is 223 g/mol. The average Bonchev–Trinajstić information content (AvgIpc) is 2.75. The number of aryl methyl sites for hydroxylation is 1. The van der Waals surface area contributed by atoms with Crippen LogP contribution in [0.4, 0.5) is 0 Å². The summed E-state index contributed by atoms with van der Waals surface area (Å²) in [5.74, 6) is 1.58. The molecule has 90 valence electrons. The van der Waals surface area contributed by atoms with Gasteiger partial charge in [-0.05, 0) is 51.2 Å². The van der Waals surface area contributed by atoms with Crippen LogP contribution >= 0.6 is 0 Å². The topological polar surface area (TPSA) is 64.1 Å². The molecule has 0 radical (unpaired) electrons. The van der Waals surface area contributed by atoms with Gasteiger partial charge in [-0.25, -0.2) is 4.98 Å². The Morgan fingerprint density at radius 1 is 1.56 bits per heavy atom. The molecule has 0 bridgehead atoms. The number of nitrogens with one attached hydrogen (secondary N) is 1. The fourth-order valence-corrected chi connectivity index (χ4v) is 2.19. The number of rotatable bonds is 5. The van der Waals surface area contributed by atoms with E-state index in [4.69, 9.17) is 10.2 Å². The minimum Gasteiger partial charge on any atom is -0.449 e. The summed E-state index contributed by atoms with van der Waals surface area (Å²) in [7, 11) is 0. The van der Waals surface area contributed by atoms with Gasteiger partial charge in [0, 0.05) is 6.42 Å². The predicted molar refractivity (Wildman–Crippen MR) is 63.2 cm³/mol. The summed E-state index contributed by atoms with van der Waals surface area (Å²) in [4.78, 5) is 4.49. The van der Waals surface area contributed by atoms with Crippen LogP contribution in [0.25, 0.3) is 0 Å². The summed E-state index contributed by atoms with van der Waals surface area (Å²) >= 11 is 0. The van der Waals surface area contributed by atoms with E-state index in [0.29, 0.717) is 5.92 Å². The van der Waals surface area contributed by atoms with E-state index in [1.54, 1.807) is 6.26 Å². The summed E-state index contributed by atoms with van der Waals surface area (Å²) in [6, 6.07) is 0. The number of nitrogens with zero attached hydrogens (tertiary/aromatic N) is 1. The van der Waals surface area contributed by atoms with Gasteiger partial charge < -0.3 is 15.5 Å². The first-order valence-electron chi connectivity index (χ1n) is 6.22. The molecule has 2 rings (SSSR count). The molecule has 1 saturated heterocycles. The van der Waals surface area contributed by atoms with Crippen molar-refractivity contribution in [1.29, 1.82) is 0 Å². The van der Waals surface area contributed by atoms with Crippen molar-refractivity contribution in [1.82, 2.24) is 10.3 Å². The quantitative estimate of drug-likeness (QED) is 0.785. The standard InChI is InChI=1S/C12H21N3O/c13-5-1-4-11-9-16-12(15-11)7-10-3-2-6-14-8-10/h9-10,14H,1-8,13H2. The lowest BCUT2D eigenvalue weighted by atomic mass is 9.96. The first-order chi connectivity index (χ1) is 7.88. The Balaban J connectivity index is 1.81. The van der Waals surface area contributed by atoms with Crippen molar-refractivity contribution >= 4 is 0 Å². The lowest BCUT2D eigenvalue weighted by molar-refractivity contribution is 0.345. The molecule has 1 aliphatic heterocycles. The third kappa shape index (κ3) is 3.32. The number of hydrogen-bond acceptors (Lipinski definition) is 4. The fraction of sp³-hybridized carbons (Fsp3) is 0.750. The molecule has 1 aliphatic rings. The van der Waals surface area contributed by atoms with Crippen molar-refractivity contribution < 1.29 is 4.42 Å². The van der Waals surface area contributed by atoms with Crippen molar-refractivity contribution in [2.24, 2.45) is 11.7 Å². The molecule has 0 spiro atoms. The maximum absolute atomic E-state index is 5.48. The zero-order valence-corrected chi connectivity index (χ0v) is 9.74. The van der Waals surface area contributed by atoms with E-state index in [9.17, 15) is 0 Å². The third-order valence-electron chi connectivity index (χ3n) is 3.10. The van der Waals surface area contributed by atoms with Crippen LogP contribution in [0.3, 0.4) is 0 Å². The number of oxazole rings is 1. The minimum atomic E-state index is 0.690. The Labute approximate surface area is 96.6 Å². The van der Waals surface area contributed by atoms with E-state index in [1.165, 1.54) is 12.8 Å². The smallest absolute Gasteiger partial charge is 0.194 e. The highest BCUT2D eigenvalue weighted by atomic mass is 16.3. The second-order valence-corrected chi connectivity index (χ2v) is 4.54. The van der Waals surface area contributed by atoms with Crippen LogP contribution in [0.1, 0.15) is 30.8 Å². The Morgan fingerprint density at radius 3 is 3.25 bits per heavy atom. The molecule has 16 heavy (non-hydrogen) atoms. The van der Waals surface area contributed by atoms with Crippen molar-refractivity contribution in [3.63, 3.8) is 0 Å². The maximum atomic E-state index is 5.48. The van der Waals surface area contributed by atoms with Gasteiger partial charge >= 0.3 is 0 Å². The number of aromatic nitrogens is 1. The van der Waals surface area contributed by atoms with Gasteiger partial charge in [-0.1, -0.05) is 0 Å². The molecule has 1 aromatic heterocycles. The van der Waals surface area contributed by atoms with Gasteiger partial charge in [0.2, 0.25) is 0 Å². The summed E-state index contributed by atoms with van der Waals surface area (Å²) in [5.41, 5.74) is 6.51. The van der Waals surface area contributed by atoms with Crippen molar-refractivity contribution in [3.8, 4) is 0 Å². The van der Waals surface area contributed by atoms with Gasteiger partial charge in [-0.3, -0.25) is 0 Å². The first kappa shape index (κ1) is 11.6. The zero-order chi connectivity index (χ0) is 11.2. The van der Waals surface area contributed by atoms with Gasteiger partial charge in [0.25, 0.3) is 0 Å². The Bertz CT molecular complexity index is 305. The van der Waals surface area contributed by atoms with Crippen LogP contribution in [0, 0.1) is 5.92 Å². The number of hydrogen-bond donors (Lipinski definition) is 2. The van der Waals surface area contributed by atoms with Crippen LogP contribution in [0.15, 0.2) is 10.7 Å². The van der Waals surface area contributed by atoms with Gasteiger partial charge in [0.1, 0.15) is 6.26 Å². The van der Waals surface area contributed by atoms with Crippen molar-refractivity contribution in [2.75, 3.05) is 19.6 Å². The van der Waals surface area contributed by atoms with Gasteiger partial charge in [-0.2, -0.15) is 0 Å². The molecule has 4 nitrogen and oxygen atoms in total. The fourth-order valence-electron chi connectivity index (χ4n) is 2.19. The summed E-state index contributed by atoms with van der Waals surface area (Å²) in [6.07, 6.45) is 7.22. The summed E-state index contributed by atoms with van der Waals surface area (Å²) in [5, 5.41) is 3.41. The molecule has 1 aromatic rings. The molecule has 1 unspecified atom stereocenters. The van der Waals surface area contributed by atoms with Crippen LogP contribution in [-0.4, -0.2) is 24.6 Å². The average molecular weight is 223 g/mol. The van der Waals surface area contributed by atoms with E-state index < -0.39 is 0 Å². The van der Waals surface area contributed by atoms with Crippen LogP contribution in [0.5, 0.6) is 0 Å². The predicted octanol–water partition coefficient (Wildman–Crippen LogP) is 1.11. The van der Waals surface area contributed by atoms with Gasteiger partial charge in [0.05, 0.1) is 5.69 Å². The molecule has 0 saturated carbocycles. The maximum Gasteiger partial charge on any atom is 0.194 e. The Morgan fingerprint density at radius 2 is 2.50 bits per heavy atom. The summed E-state index contributed by atoms with van der Waals surface area (Å²) in [6.45, 7) is 2.97. The molecular formula is C12H21N3O. The first-order valence-corrected chi connectivity index (χ1v) is 6.22. The Kier molecular flexibility index (Phi) is 4.36. The molecule has 4 heteroatoms. The highest BCUT2D eigenvalue weighted by molar-refractivity contribution is 4.98. The van der Waals surface area contributed by atoms with E-state index >= 15 is 0 Å². The molecule has 0 amide bonds. The minimum absolute atomic E-state index is 0.690. The molecule has 0 aromatic carbocycles. The van der Waals surface area contributed by atoms with E-state index in [0.717, 1.165) is 50.5 Å². The molecular weight excluding hydrogens is 202 g/mol. The molecule has 3 N–H and O–H groups in total. The van der Waals surface area contributed by atoms with E-state index in [2.05, 4.69) is 10.3 Å². The molecule has 2 heterocycles. The SMILES string of the molecule is NCCCc1coc(CC2CCCNC2)n1. The van der Waals surface area contributed by atoms with Gasteiger partial charge in [-0.15, -0.1) is 0 Å². The lowest BCUT2D eigenvalue weighted by Crippen LogP contribution is -2.30. The van der Waals surface area contributed by atoms with Crippen molar-refractivity contribution in [2.45, 2.75) is 32.1 Å². The molecule has 1 fully saturated rings. The summed E-state index contributed by atoms with van der Waals surface area (Å²) < 4.78 is 5.48. The third-order valence-corrected chi connectivity index (χ3v) is 3.10. The van der Waals surface area contributed by atoms with Crippen LogP contribution in [-0.2, 0) is 12.8 Å². The lowest BCUT2D eigenvalue weighted by Gasteiger charge is -2.21. The number of piperidine rings is 1. The highest BCUT2D eigenvalue weighted by Gasteiger charge is 2.16. The zero-order valence-electron chi connectivity index (χ0n) is 9.74. The molecule has 0 aliphatic carbocycles. The molecule has 1 atom stereocenters. The van der Waals surface area contributed by atoms with E-state index in [-0.39, 0.29) is 0 Å². The van der Waals surface area contributed by atoms with Crippen LogP contribution < -0.4 is 11.1 Å². The normalized spacial score (nSPS) is 21.2.